The van der Waals surface area contributed by atoms with Gasteiger partial charge in [0, 0.05) is 18.3 Å². The minimum atomic E-state index is -0.387. The Bertz CT molecular complexity index is 1840. The molecule has 2 aromatic carbocycles. The largest absolute Gasteiger partial charge is 0.488 e. The molecule has 10 nitrogen and oxygen atoms in total. The Labute approximate surface area is 242 Å². The molecule has 1 amide bonds. The molecule has 6 aromatic rings. The summed E-state index contributed by atoms with van der Waals surface area (Å²) in [5.74, 6) is 1.86. The van der Waals surface area contributed by atoms with E-state index >= 15 is 0 Å². The zero-order valence-electron chi connectivity index (χ0n) is 23.1. The van der Waals surface area contributed by atoms with Crippen LogP contribution in [-0.2, 0) is 6.61 Å². The molecular weight excluding hydrogens is 528 g/mol. The average Bonchev–Trinajstić information content (AvgIpc) is 3.52. The summed E-state index contributed by atoms with van der Waals surface area (Å²) >= 11 is 0. The second-order valence-electron chi connectivity index (χ2n) is 9.84. The molecule has 0 saturated carbocycles. The van der Waals surface area contributed by atoms with Crippen molar-refractivity contribution in [1.29, 1.82) is 0 Å². The first-order valence-electron chi connectivity index (χ1n) is 13.5. The van der Waals surface area contributed by atoms with Crippen molar-refractivity contribution in [2.24, 2.45) is 0 Å². The van der Waals surface area contributed by atoms with Gasteiger partial charge >= 0.3 is 0 Å². The van der Waals surface area contributed by atoms with Crippen LogP contribution in [0.25, 0.3) is 22.4 Å². The van der Waals surface area contributed by atoms with Crippen LogP contribution in [0.15, 0.2) is 104 Å². The van der Waals surface area contributed by atoms with Gasteiger partial charge in [0.1, 0.15) is 41.7 Å². The van der Waals surface area contributed by atoms with Crippen molar-refractivity contribution in [2.75, 3.05) is 10.6 Å². The molecule has 0 aliphatic heterocycles. The van der Waals surface area contributed by atoms with Crippen LogP contribution >= 0.6 is 0 Å². The zero-order chi connectivity index (χ0) is 28.9. The van der Waals surface area contributed by atoms with E-state index in [0.717, 1.165) is 16.6 Å². The van der Waals surface area contributed by atoms with Crippen LogP contribution in [0.2, 0.25) is 0 Å². The van der Waals surface area contributed by atoms with Gasteiger partial charge in [0.15, 0.2) is 5.82 Å². The summed E-state index contributed by atoms with van der Waals surface area (Å²) in [6.07, 6.45) is 3.32. The highest BCUT2D eigenvalue weighted by atomic mass is 16.5. The fourth-order valence-electron chi connectivity index (χ4n) is 4.51. The predicted molar refractivity (Wildman–Crippen MR) is 162 cm³/mol. The number of rotatable bonds is 9. The third kappa shape index (κ3) is 5.78. The van der Waals surface area contributed by atoms with E-state index in [9.17, 15) is 4.79 Å². The Balaban J connectivity index is 1.38. The van der Waals surface area contributed by atoms with Gasteiger partial charge in [-0.3, -0.25) is 4.79 Å². The minimum absolute atomic E-state index is 0.186. The van der Waals surface area contributed by atoms with E-state index in [-0.39, 0.29) is 17.6 Å². The molecule has 10 heteroatoms. The number of ether oxygens (including phenoxy) is 1. The number of anilines is 3. The van der Waals surface area contributed by atoms with E-state index in [4.69, 9.17) is 9.72 Å². The molecule has 208 valence electrons. The number of amides is 1. The lowest BCUT2D eigenvalue weighted by atomic mass is 10.1. The van der Waals surface area contributed by atoms with Gasteiger partial charge in [-0.2, -0.15) is 0 Å². The monoisotopic (exact) mass is 556 g/mol. The summed E-state index contributed by atoms with van der Waals surface area (Å²) in [6.45, 7) is 4.45. The summed E-state index contributed by atoms with van der Waals surface area (Å²) < 4.78 is 8.31. The number of carbonyl (C=O) groups excluding carboxylic acids is 1. The van der Waals surface area contributed by atoms with Gasteiger partial charge in [-0.05, 0) is 55.8 Å². The number of hydrogen-bond donors (Lipinski definition) is 2. The number of benzene rings is 2. The molecule has 0 aliphatic rings. The maximum Gasteiger partial charge on any atom is 0.275 e. The SMILES string of the molecule is CC(C)n1cnnc1-c1cccc(Nc2cccc3nc(C(=O)Nc4ccccn4)cc(OCc4ccccc4)c23)n1. The quantitative estimate of drug-likeness (QED) is 0.209. The van der Waals surface area contributed by atoms with Crippen LogP contribution in [0.3, 0.4) is 0 Å². The Morgan fingerprint density at radius 3 is 2.52 bits per heavy atom. The van der Waals surface area contributed by atoms with Crippen molar-refractivity contribution in [3.05, 3.63) is 115 Å². The minimum Gasteiger partial charge on any atom is -0.488 e. The lowest BCUT2D eigenvalue weighted by Gasteiger charge is -2.16. The topological polar surface area (TPSA) is 120 Å². The maximum atomic E-state index is 13.2. The molecule has 2 N–H and O–H groups in total. The van der Waals surface area contributed by atoms with Gasteiger partial charge in [0.25, 0.3) is 5.91 Å². The predicted octanol–water partition coefficient (Wildman–Crippen LogP) is 6.44. The molecule has 0 atom stereocenters. The van der Waals surface area contributed by atoms with E-state index in [1.54, 1.807) is 36.8 Å². The number of nitrogens with one attached hydrogen (secondary N) is 2. The van der Waals surface area contributed by atoms with Crippen molar-refractivity contribution < 1.29 is 9.53 Å². The second kappa shape index (κ2) is 11.8. The van der Waals surface area contributed by atoms with Crippen LogP contribution in [-0.4, -0.2) is 35.6 Å². The van der Waals surface area contributed by atoms with Crippen LogP contribution < -0.4 is 15.4 Å². The van der Waals surface area contributed by atoms with Crippen molar-refractivity contribution in [3.8, 4) is 17.3 Å². The first-order valence-corrected chi connectivity index (χ1v) is 13.5. The van der Waals surface area contributed by atoms with Crippen molar-refractivity contribution >= 4 is 34.1 Å². The van der Waals surface area contributed by atoms with Gasteiger partial charge in [-0.15, -0.1) is 10.2 Å². The number of carbonyl (C=O) groups is 1. The Kier molecular flexibility index (Phi) is 7.50. The Hall–Kier alpha value is -5.64. The van der Waals surface area contributed by atoms with Crippen LogP contribution in [0.5, 0.6) is 5.75 Å². The van der Waals surface area contributed by atoms with E-state index in [1.165, 1.54) is 0 Å². The number of aromatic nitrogens is 6. The van der Waals surface area contributed by atoms with Gasteiger partial charge in [0.05, 0.1) is 16.6 Å². The van der Waals surface area contributed by atoms with E-state index in [0.29, 0.717) is 41.0 Å². The van der Waals surface area contributed by atoms with Gasteiger partial charge in [-0.1, -0.05) is 48.5 Å². The molecule has 0 unspecified atom stereocenters. The zero-order valence-corrected chi connectivity index (χ0v) is 23.1. The first kappa shape index (κ1) is 26.6. The molecule has 4 aromatic heterocycles. The third-order valence-corrected chi connectivity index (χ3v) is 6.54. The highest BCUT2D eigenvalue weighted by Crippen LogP contribution is 2.35. The summed E-state index contributed by atoms with van der Waals surface area (Å²) in [5, 5.41) is 15.3. The molecule has 4 heterocycles. The van der Waals surface area contributed by atoms with Crippen LogP contribution in [0, 0.1) is 0 Å². The van der Waals surface area contributed by atoms with Crippen molar-refractivity contribution in [3.63, 3.8) is 0 Å². The standard InChI is InChI=1S/C32H28N8O2/c1-21(2)40-20-34-39-31(40)25-14-9-16-29(37-25)36-24-13-8-12-23-30(24)27(42-19-22-10-4-3-5-11-22)18-26(35-23)32(41)38-28-15-6-7-17-33-28/h3-18,20-21H,19H2,1-2H3,(H,36,37)(H,33,38,41). The van der Waals surface area contributed by atoms with E-state index in [1.807, 2.05) is 71.3 Å². The lowest BCUT2D eigenvalue weighted by Crippen LogP contribution is -2.15. The molecule has 0 bridgehead atoms. The van der Waals surface area contributed by atoms with Crippen molar-refractivity contribution in [2.45, 2.75) is 26.5 Å². The second-order valence-corrected chi connectivity index (χ2v) is 9.84. The summed E-state index contributed by atoms with van der Waals surface area (Å²) in [4.78, 5) is 26.9. The third-order valence-electron chi connectivity index (χ3n) is 6.54. The molecule has 0 spiro atoms. The number of pyridine rings is 3. The summed E-state index contributed by atoms with van der Waals surface area (Å²) in [7, 11) is 0. The first-order chi connectivity index (χ1) is 20.5. The van der Waals surface area contributed by atoms with Crippen LogP contribution in [0.1, 0.15) is 35.9 Å². The smallest absolute Gasteiger partial charge is 0.275 e. The molecule has 0 aliphatic carbocycles. The summed E-state index contributed by atoms with van der Waals surface area (Å²) in [5.41, 5.74) is 3.22. The Morgan fingerprint density at radius 2 is 1.71 bits per heavy atom. The van der Waals surface area contributed by atoms with E-state index < -0.39 is 0 Å². The lowest BCUT2D eigenvalue weighted by molar-refractivity contribution is 0.102. The number of hydrogen-bond acceptors (Lipinski definition) is 8. The summed E-state index contributed by atoms with van der Waals surface area (Å²) in [6, 6.07) is 28.4. The van der Waals surface area contributed by atoms with Gasteiger partial charge in [0.2, 0.25) is 0 Å². The highest BCUT2D eigenvalue weighted by Gasteiger charge is 2.18. The molecular formula is C32H28N8O2. The molecule has 0 radical (unpaired) electrons. The van der Waals surface area contributed by atoms with Crippen molar-refractivity contribution in [1.82, 2.24) is 29.7 Å². The van der Waals surface area contributed by atoms with Gasteiger partial charge in [-0.25, -0.2) is 15.0 Å². The normalized spacial score (nSPS) is 11.0. The maximum absolute atomic E-state index is 13.2. The fraction of sp³-hybridized carbons (Fsp3) is 0.125. The highest BCUT2D eigenvalue weighted by molar-refractivity contribution is 6.06. The molecule has 0 saturated heterocycles. The number of fused-ring (bicyclic) bond motifs is 1. The van der Waals surface area contributed by atoms with Gasteiger partial charge < -0.3 is 19.9 Å². The number of nitrogens with zero attached hydrogens (tertiary/aromatic N) is 6. The van der Waals surface area contributed by atoms with E-state index in [2.05, 4.69) is 44.6 Å². The Morgan fingerprint density at radius 1 is 0.905 bits per heavy atom. The molecule has 42 heavy (non-hydrogen) atoms. The van der Waals surface area contributed by atoms with Crippen LogP contribution in [0.4, 0.5) is 17.3 Å². The molecule has 0 fully saturated rings. The average molecular weight is 557 g/mol. The fourth-order valence-corrected chi connectivity index (χ4v) is 4.51. The molecule has 6 rings (SSSR count).